The first-order valence-electron chi connectivity index (χ1n) is 8.49. The topological polar surface area (TPSA) is 81.4 Å². The third-order valence-electron chi connectivity index (χ3n) is 4.26. The van der Waals surface area contributed by atoms with Gasteiger partial charge in [-0.3, -0.25) is 4.79 Å². The fraction of sp³-hybridized carbons (Fsp3) is 0.100. The van der Waals surface area contributed by atoms with Gasteiger partial charge in [-0.1, -0.05) is 23.7 Å². The third-order valence-corrected chi connectivity index (χ3v) is 4.50. The number of amides is 1. The molecule has 0 aliphatic rings. The van der Waals surface area contributed by atoms with Crippen LogP contribution in [0.25, 0.3) is 16.9 Å². The molecule has 8 heteroatoms. The van der Waals surface area contributed by atoms with Crippen LogP contribution in [0.1, 0.15) is 16.2 Å². The zero-order chi connectivity index (χ0) is 19.7. The van der Waals surface area contributed by atoms with Crippen molar-refractivity contribution in [1.29, 1.82) is 0 Å². The van der Waals surface area contributed by atoms with Gasteiger partial charge in [0, 0.05) is 16.3 Å². The van der Waals surface area contributed by atoms with Crippen molar-refractivity contribution in [2.45, 2.75) is 6.92 Å². The van der Waals surface area contributed by atoms with Crippen LogP contribution in [0.3, 0.4) is 0 Å². The molecule has 140 valence electrons. The predicted molar refractivity (Wildman–Crippen MR) is 107 cm³/mol. The van der Waals surface area contributed by atoms with E-state index in [0.717, 1.165) is 17.1 Å². The van der Waals surface area contributed by atoms with E-state index in [1.54, 1.807) is 22.7 Å². The Morgan fingerprint density at radius 2 is 1.86 bits per heavy atom. The normalized spacial score (nSPS) is 10.8. The van der Waals surface area contributed by atoms with Crippen molar-refractivity contribution in [2.75, 3.05) is 12.4 Å². The van der Waals surface area contributed by atoms with Gasteiger partial charge in [0.05, 0.1) is 18.4 Å². The van der Waals surface area contributed by atoms with Gasteiger partial charge in [0.25, 0.3) is 5.91 Å². The number of rotatable bonds is 4. The fourth-order valence-electron chi connectivity index (χ4n) is 2.83. The molecule has 0 aliphatic heterocycles. The van der Waals surface area contributed by atoms with Gasteiger partial charge in [0.2, 0.25) is 0 Å². The van der Waals surface area contributed by atoms with Crippen LogP contribution in [-0.4, -0.2) is 32.8 Å². The Hall–Kier alpha value is -3.45. The van der Waals surface area contributed by atoms with Crippen LogP contribution >= 0.6 is 11.6 Å². The molecule has 4 aromatic rings. The Kier molecular flexibility index (Phi) is 4.67. The second-order valence-electron chi connectivity index (χ2n) is 6.11. The van der Waals surface area contributed by atoms with E-state index in [4.69, 9.17) is 16.3 Å². The molecule has 0 fully saturated rings. The van der Waals surface area contributed by atoms with Crippen LogP contribution in [0.5, 0.6) is 5.75 Å². The van der Waals surface area contributed by atoms with E-state index in [0.29, 0.717) is 27.7 Å². The number of halogens is 1. The summed E-state index contributed by atoms with van der Waals surface area (Å²) in [5.74, 6) is 0.878. The molecule has 0 unspecified atom stereocenters. The van der Waals surface area contributed by atoms with Gasteiger partial charge < -0.3 is 10.1 Å². The predicted octanol–water partition coefficient (Wildman–Crippen LogP) is 4.01. The number of aromatic nitrogens is 4. The average Bonchev–Trinajstić information content (AvgIpc) is 3.09. The maximum Gasteiger partial charge on any atom is 0.259 e. The summed E-state index contributed by atoms with van der Waals surface area (Å²) in [6, 6.07) is 16.1. The number of fused-ring (bicyclic) bond motifs is 1. The third kappa shape index (κ3) is 3.39. The number of carbonyl (C=O) groups is 1. The molecule has 1 N–H and O–H groups in total. The van der Waals surface area contributed by atoms with E-state index in [9.17, 15) is 4.79 Å². The highest BCUT2D eigenvalue weighted by atomic mass is 35.5. The largest absolute Gasteiger partial charge is 0.496 e. The molecule has 0 spiro atoms. The Bertz CT molecular complexity index is 1170. The molecule has 7 nitrogen and oxygen atoms in total. The molecule has 2 aromatic heterocycles. The highest BCUT2D eigenvalue weighted by Crippen LogP contribution is 2.25. The second-order valence-corrected chi connectivity index (χ2v) is 6.55. The minimum absolute atomic E-state index is 0.299. The molecule has 0 atom stereocenters. The average molecular weight is 394 g/mol. The van der Waals surface area contributed by atoms with E-state index in [1.807, 2.05) is 43.3 Å². The van der Waals surface area contributed by atoms with Crippen LogP contribution in [0, 0.1) is 6.92 Å². The molecule has 0 saturated carbocycles. The minimum Gasteiger partial charge on any atom is -0.496 e. The standard InChI is InChI=1S/C20H16ClN5O2/c1-12-23-24-19-10-8-17(25-26(12)19)13-3-6-15(7-4-13)22-20(27)16-11-14(21)5-9-18(16)28-2/h3-11H,1-2H3,(H,22,27). The molecule has 0 radical (unpaired) electrons. The van der Waals surface area contributed by atoms with Crippen molar-refractivity contribution in [3.63, 3.8) is 0 Å². The lowest BCUT2D eigenvalue weighted by Gasteiger charge is -2.10. The van der Waals surface area contributed by atoms with Gasteiger partial charge in [-0.15, -0.1) is 10.2 Å². The zero-order valence-electron chi connectivity index (χ0n) is 15.2. The number of nitrogens with one attached hydrogen (secondary N) is 1. The molecule has 1 amide bonds. The molecule has 2 heterocycles. The lowest BCUT2D eigenvalue weighted by molar-refractivity contribution is 0.102. The molecule has 28 heavy (non-hydrogen) atoms. The molecule has 0 bridgehead atoms. The van der Waals surface area contributed by atoms with Crippen LogP contribution < -0.4 is 10.1 Å². The van der Waals surface area contributed by atoms with Crippen molar-refractivity contribution in [2.24, 2.45) is 0 Å². The molecule has 4 rings (SSSR count). The Morgan fingerprint density at radius 1 is 1.07 bits per heavy atom. The number of benzene rings is 2. The van der Waals surface area contributed by atoms with E-state index < -0.39 is 0 Å². The van der Waals surface area contributed by atoms with E-state index in [-0.39, 0.29) is 5.91 Å². The van der Waals surface area contributed by atoms with Gasteiger partial charge in [-0.2, -0.15) is 9.61 Å². The molecular formula is C20H16ClN5O2. The van der Waals surface area contributed by atoms with Gasteiger partial charge in [-0.05, 0) is 49.4 Å². The van der Waals surface area contributed by atoms with E-state index in [2.05, 4.69) is 20.6 Å². The first-order valence-corrected chi connectivity index (χ1v) is 8.87. The van der Waals surface area contributed by atoms with Gasteiger partial charge in [0.1, 0.15) is 5.75 Å². The lowest BCUT2D eigenvalue weighted by Crippen LogP contribution is -2.13. The first-order chi connectivity index (χ1) is 13.5. The van der Waals surface area contributed by atoms with E-state index in [1.165, 1.54) is 7.11 Å². The monoisotopic (exact) mass is 393 g/mol. The number of ether oxygens (including phenoxy) is 1. The summed E-state index contributed by atoms with van der Waals surface area (Å²) >= 11 is 6.00. The summed E-state index contributed by atoms with van der Waals surface area (Å²) in [5, 5.41) is 15.9. The number of anilines is 1. The maximum atomic E-state index is 12.6. The number of hydrogen-bond acceptors (Lipinski definition) is 5. The number of carbonyl (C=O) groups excluding carboxylic acids is 1. The summed E-state index contributed by atoms with van der Waals surface area (Å²) in [6.07, 6.45) is 0. The van der Waals surface area contributed by atoms with Crippen LogP contribution in [0.2, 0.25) is 5.02 Å². The molecule has 0 saturated heterocycles. The van der Waals surface area contributed by atoms with Gasteiger partial charge in [-0.25, -0.2) is 0 Å². The summed E-state index contributed by atoms with van der Waals surface area (Å²) < 4.78 is 6.92. The SMILES string of the molecule is COc1ccc(Cl)cc1C(=O)Nc1ccc(-c2ccc3nnc(C)n3n2)cc1. The lowest BCUT2D eigenvalue weighted by atomic mass is 10.1. The van der Waals surface area contributed by atoms with Crippen molar-refractivity contribution in [1.82, 2.24) is 19.8 Å². The van der Waals surface area contributed by atoms with Gasteiger partial charge in [0.15, 0.2) is 11.5 Å². The Morgan fingerprint density at radius 3 is 2.61 bits per heavy atom. The van der Waals surface area contributed by atoms with Crippen molar-refractivity contribution >= 4 is 28.8 Å². The van der Waals surface area contributed by atoms with Gasteiger partial charge >= 0.3 is 0 Å². The molecule has 2 aromatic carbocycles. The van der Waals surface area contributed by atoms with E-state index >= 15 is 0 Å². The van der Waals surface area contributed by atoms with Crippen LogP contribution in [0.15, 0.2) is 54.6 Å². The molecular weight excluding hydrogens is 378 g/mol. The summed E-state index contributed by atoms with van der Waals surface area (Å²) in [7, 11) is 1.51. The number of methoxy groups -OCH3 is 1. The highest BCUT2D eigenvalue weighted by Gasteiger charge is 2.13. The van der Waals surface area contributed by atoms with Crippen molar-refractivity contribution in [3.8, 4) is 17.0 Å². The second kappa shape index (κ2) is 7.28. The Balaban J connectivity index is 1.57. The van der Waals surface area contributed by atoms with Crippen LogP contribution in [0.4, 0.5) is 5.69 Å². The summed E-state index contributed by atoms with van der Waals surface area (Å²) in [5.41, 5.74) is 3.41. The summed E-state index contributed by atoms with van der Waals surface area (Å²) in [6.45, 7) is 1.85. The Labute approximate surface area is 165 Å². The quantitative estimate of drug-likeness (QED) is 0.566. The number of hydrogen-bond donors (Lipinski definition) is 1. The molecule has 0 aliphatic carbocycles. The van der Waals surface area contributed by atoms with Crippen molar-refractivity contribution in [3.05, 3.63) is 71.0 Å². The van der Waals surface area contributed by atoms with Crippen LogP contribution in [-0.2, 0) is 0 Å². The fourth-order valence-corrected chi connectivity index (χ4v) is 3.00. The van der Waals surface area contributed by atoms with Crippen molar-refractivity contribution < 1.29 is 9.53 Å². The first kappa shape index (κ1) is 17.9. The minimum atomic E-state index is -0.299. The highest BCUT2D eigenvalue weighted by molar-refractivity contribution is 6.31. The summed E-state index contributed by atoms with van der Waals surface area (Å²) in [4.78, 5) is 12.6. The smallest absolute Gasteiger partial charge is 0.259 e. The number of aryl methyl sites for hydroxylation is 1. The maximum absolute atomic E-state index is 12.6. The number of nitrogens with zero attached hydrogens (tertiary/aromatic N) is 4. The zero-order valence-corrected chi connectivity index (χ0v) is 15.9.